The van der Waals surface area contributed by atoms with Crippen molar-refractivity contribution in [3.05, 3.63) is 15.8 Å². The second-order valence-corrected chi connectivity index (χ2v) is 6.31. The van der Waals surface area contributed by atoms with Gasteiger partial charge in [-0.05, 0) is 32.3 Å². The van der Waals surface area contributed by atoms with Crippen LogP contribution in [0.2, 0.25) is 0 Å². The molecule has 1 aromatic heterocycles. The molecule has 0 aliphatic carbocycles. The molecule has 0 bridgehead atoms. The van der Waals surface area contributed by atoms with E-state index in [-0.39, 0.29) is 24.3 Å². The van der Waals surface area contributed by atoms with Gasteiger partial charge >= 0.3 is 5.97 Å². The summed E-state index contributed by atoms with van der Waals surface area (Å²) in [5.41, 5.74) is 6.46. The molecule has 1 atom stereocenters. The van der Waals surface area contributed by atoms with E-state index in [2.05, 4.69) is 0 Å². The summed E-state index contributed by atoms with van der Waals surface area (Å²) < 4.78 is 4.72. The van der Waals surface area contributed by atoms with Crippen molar-refractivity contribution in [1.82, 2.24) is 4.90 Å². The van der Waals surface area contributed by atoms with E-state index < -0.39 is 0 Å². The third-order valence-electron chi connectivity index (χ3n) is 3.68. The highest BCUT2D eigenvalue weighted by atomic mass is 32.1. The lowest BCUT2D eigenvalue weighted by Crippen LogP contribution is -2.44. The van der Waals surface area contributed by atoms with Crippen molar-refractivity contribution >= 4 is 28.9 Å². The van der Waals surface area contributed by atoms with Crippen LogP contribution in [0.1, 0.15) is 40.2 Å². The van der Waals surface area contributed by atoms with E-state index in [1.54, 1.807) is 11.0 Å². The second-order valence-electron chi connectivity index (χ2n) is 5.05. The van der Waals surface area contributed by atoms with Gasteiger partial charge in [-0.1, -0.05) is 0 Å². The Bertz CT molecular complexity index is 493. The van der Waals surface area contributed by atoms with Gasteiger partial charge in [-0.2, -0.15) is 0 Å². The Labute approximate surface area is 122 Å². The normalized spacial score (nSPS) is 18.9. The number of hydrogen-bond donors (Lipinski definition) is 1. The predicted octanol–water partition coefficient (Wildman–Crippen LogP) is 2.20. The number of nitrogens with two attached hydrogens (primary N) is 1. The van der Waals surface area contributed by atoms with E-state index in [9.17, 15) is 9.59 Å². The number of aryl methyl sites for hydroxylation is 1. The number of carbonyl (C=O) groups excluding carboxylic acids is 2. The average molecular weight is 296 g/mol. The van der Waals surface area contributed by atoms with Crippen LogP contribution in [0.4, 0.5) is 5.69 Å². The van der Waals surface area contributed by atoms with Crippen LogP contribution in [0.5, 0.6) is 0 Å². The van der Waals surface area contributed by atoms with Gasteiger partial charge < -0.3 is 15.4 Å². The topological polar surface area (TPSA) is 72.6 Å². The van der Waals surface area contributed by atoms with E-state index in [0.29, 0.717) is 17.1 Å². The molecule has 1 unspecified atom stereocenters. The van der Waals surface area contributed by atoms with Gasteiger partial charge in [-0.3, -0.25) is 9.59 Å². The van der Waals surface area contributed by atoms with Crippen LogP contribution >= 0.6 is 11.3 Å². The fourth-order valence-electron chi connectivity index (χ4n) is 2.50. The van der Waals surface area contributed by atoms with Crippen molar-refractivity contribution < 1.29 is 14.3 Å². The number of ether oxygens (including phenoxy) is 1. The first-order chi connectivity index (χ1) is 9.52. The zero-order valence-corrected chi connectivity index (χ0v) is 12.7. The fraction of sp³-hybridized carbons (Fsp3) is 0.571. The van der Waals surface area contributed by atoms with Gasteiger partial charge in [0.15, 0.2) is 0 Å². The van der Waals surface area contributed by atoms with Crippen LogP contribution in [-0.2, 0) is 9.53 Å². The number of hydrogen-bond acceptors (Lipinski definition) is 5. The predicted molar refractivity (Wildman–Crippen MR) is 78.8 cm³/mol. The number of methoxy groups -OCH3 is 1. The molecule has 1 aliphatic heterocycles. The summed E-state index contributed by atoms with van der Waals surface area (Å²) in [6, 6.07) is 1.67. The molecule has 1 saturated heterocycles. The molecule has 0 spiro atoms. The molecule has 110 valence electrons. The first-order valence-corrected chi connectivity index (χ1v) is 7.58. The van der Waals surface area contributed by atoms with Gasteiger partial charge in [-0.15, -0.1) is 11.3 Å². The average Bonchev–Trinajstić information content (AvgIpc) is 2.78. The number of thiophene rings is 1. The van der Waals surface area contributed by atoms with E-state index in [1.807, 2.05) is 6.92 Å². The Balaban J connectivity index is 2.14. The summed E-state index contributed by atoms with van der Waals surface area (Å²) in [5, 5.41) is 0. The van der Waals surface area contributed by atoms with Gasteiger partial charge in [0, 0.05) is 23.2 Å². The number of nitrogen functional groups attached to an aromatic ring is 1. The van der Waals surface area contributed by atoms with Gasteiger partial charge in [0.2, 0.25) is 0 Å². The number of carbonyl (C=O) groups is 2. The van der Waals surface area contributed by atoms with Gasteiger partial charge in [-0.25, -0.2) is 0 Å². The molecule has 2 N–H and O–H groups in total. The van der Waals surface area contributed by atoms with Crippen LogP contribution in [0.25, 0.3) is 0 Å². The standard InChI is InChI=1S/C14H20N2O3S/c1-9-11(15)8-12(20-9)14(18)16-6-4-3-5-10(16)7-13(17)19-2/h8,10H,3-7,15H2,1-2H3. The van der Waals surface area contributed by atoms with Crippen LogP contribution in [0.15, 0.2) is 6.07 Å². The molecule has 1 aromatic rings. The minimum Gasteiger partial charge on any atom is -0.469 e. The Morgan fingerprint density at radius 1 is 1.50 bits per heavy atom. The van der Waals surface area contributed by atoms with Crippen molar-refractivity contribution in [2.24, 2.45) is 0 Å². The Morgan fingerprint density at radius 3 is 2.85 bits per heavy atom. The summed E-state index contributed by atoms with van der Waals surface area (Å²) in [6.45, 7) is 2.59. The van der Waals surface area contributed by atoms with Crippen LogP contribution < -0.4 is 5.73 Å². The third kappa shape index (κ3) is 3.12. The number of anilines is 1. The quantitative estimate of drug-likeness (QED) is 0.868. The summed E-state index contributed by atoms with van der Waals surface area (Å²) in [6.07, 6.45) is 3.13. The molecule has 0 radical (unpaired) electrons. The third-order valence-corrected chi connectivity index (χ3v) is 4.74. The molecule has 2 rings (SSSR count). The number of nitrogens with zero attached hydrogens (tertiary/aromatic N) is 1. The molecule has 1 fully saturated rings. The number of amides is 1. The minimum atomic E-state index is -0.267. The number of rotatable bonds is 3. The lowest BCUT2D eigenvalue weighted by atomic mass is 9.99. The van der Waals surface area contributed by atoms with Gasteiger partial charge in [0.05, 0.1) is 18.4 Å². The maximum absolute atomic E-state index is 12.6. The maximum atomic E-state index is 12.6. The summed E-state index contributed by atoms with van der Waals surface area (Å²) in [4.78, 5) is 27.4. The number of esters is 1. The van der Waals surface area contributed by atoms with Crippen molar-refractivity contribution in [1.29, 1.82) is 0 Å². The van der Waals surface area contributed by atoms with Crippen molar-refractivity contribution in [2.45, 2.75) is 38.6 Å². The van der Waals surface area contributed by atoms with Crippen molar-refractivity contribution in [2.75, 3.05) is 19.4 Å². The summed E-state index contributed by atoms with van der Waals surface area (Å²) >= 11 is 1.41. The molecule has 0 saturated carbocycles. The zero-order valence-electron chi connectivity index (χ0n) is 11.8. The van der Waals surface area contributed by atoms with Crippen LogP contribution in [-0.4, -0.2) is 36.5 Å². The SMILES string of the molecule is COC(=O)CC1CCCCN1C(=O)c1cc(N)c(C)s1. The van der Waals surface area contributed by atoms with E-state index in [1.165, 1.54) is 18.4 Å². The first kappa shape index (κ1) is 14.8. The van der Waals surface area contributed by atoms with E-state index in [4.69, 9.17) is 10.5 Å². The molecule has 1 amide bonds. The lowest BCUT2D eigenvalue weighted by Gasteiger charge is -2.34. The molecule has 20 heavy (non-hydrogen) atoms. The number of piperidine rings is 1. The van der Waals surface area contributed by atoms with Gasteiger partial charge in [0.25, 0.3) is 5.91 Å². The summed E-state index contributed by atoms with van der Waals surface area (Å²) in [5.74, 6) is -0.292. The summed E-state index contributed by atoms with van der Waals surface area (Å²) in [7, 11) is 1.38. The lowest BCUT2D eigenvalue weighted by molar-refractivity contribution is -0.142. The highest BCUT2D eigenvalue weighted by Gasteiger charge is 2.30. The van der Waals surface area contributed by atoms with Crippen molar-refractivity contribution in [3.63, 3.8) is 0 Å². The van der Waals surface area contributed by atoms with Crippen LogP contribution in [0, 0.1) is 6.92 Å². The Hall–Kier alpha value is -1.56. The van der Waals surface area contributed by atoms with E-state index in [0.717, 1.165) is 24.1 Å². The molecule has 5 nitrogen and oxygen atoms in total. The smallest absolute Gasteiger partial charge is 0.307 e. The molecule has 2 heterocycles. The molecule has 0 aromatic carbocycles. The Morgan fingerprint density at radius 2 is 2.25 bits per heavy atom. The van der Waals surface area contributed by atoms with Gasteiger partial charge in [0.1, 0.15) is 0 Å². The molecular weight excluding hydrogens is 276 g/mol. The minimum absolute atomic E-state index is 0.0246. The molecule has 1 aliphatic rings. The van der Waals surface area contributed by atoms with Crippen LogP contribution in [0.3, 0.4) is 0 Å². The maximum Gasteiger partial charge on any atom is 0.307 e. The first-order valence-electron chi connectivity index (χ1n) is 6.76. The Kier molecular flexibility index (Phi) is 4.65. The monoisotopic (exact) mass is 296 g/mol. The molecule has 6 heteroatoms. The zero-order chi connectivity index (χ0) is 14.7. The second kappa shape index (κ2) is 6.26. The fourth-order valence-corrected chi connectivity index (χ4v) is 3.40. The highest BCUT2D eigenvalue weighted by molar-refractivity contribution is 7.14. The molecular formula is C14H20N2O3S. The highest BCUT2D eigenvalue weighted by Crippen LogP contribution is 2.28. The number of likely N-dealkylation sites (tertiary alicyclic amines) is 1. The largest absolute Gasteiger partial charge is 0.469 e. The van der Waals surface area contributed by atoms with E-state index >= 15 is 0 Å². The van der Waals surface area contributed by atoms with Crippen molar-refractivity contribution in [3.8, 4) is 0 Å².